The molecule has 31 heavy (non-hydrogen) atoms. The van der Waals surface area contributed by atoms with Gasteiger partial charge < -0.3 is 20.1 Å². The van der Waals surface area contributed by atoms with Crippen LogP contribution in [0.3, 0.4) is 0 Å². The van der Waals surface area contributed by atoms with Gasteiger partial charge in [0.2, 0.25) is 0 Å². The SMILES string of the molecule is Cc1ncc(CN=C(NCCc2ccccc2F)Nc2ccc3c(c2)OCCCO3)s1. The van der Waals surface area contributed by atoms with E-state index in [1.54, 1.807) is 23.5 Å². The first kappa shape index (κ1) is 21.1. The Bertz CT molecular complexity index is 1050. The summed E-state index contributed by atoms with van der Waals surface area (Å²) in [6.07, 6.45) is 3.25. The van der Waals surface area contributed by atoms with E-state index >= 15 is 0 Å². The van der Waals surface area contributed by atoms with E-state index in [1.165, 1.54) is 6.07 Å². The van der Waals surface area contributed by atoms with Gasteiger partial charge in [-0.25, -0.2) is 14.4 Å². The van der Waals surface area contributed by atoms with Crippen LogP contribution in [-0.4, -0.2) is 30.7 Å². The fourth-order valence-corrected chi connectivity index (χ4v) is 3.89. The molecule has 2 heterocycles. The van der Waals surface area contributed by atoms with Gasteiger partial charge in [0.25, 0.3) is 0 Å². The van der Waals surface area contributed by atoms with Gasteiger partial charge in [-0.1, -0.05) is 18.2 Å². The molecule has 0 atom stereocenters. The smallest absolute Gasteiger partial charge is 0.196 e. The minimum atomic E-state index is -0.196. The predicted molar refractivity (Wildman–Crippen MR) is 122 cm³/mol. The summed E-state index contributed by atoms with van der Waals surface area (Å²) in [7, 11) is 0. The van der Waals surface area contributed by atoms with Crippen LogP contribution in [0.4, 0.5) is 10.1 Å². The van der Waals surface area contributed by atoms with E-state index in [4.69, 9.17) is 9.47 Å². The Kier molecular flexibility index (Phi) is 6.99. The second kappa shape index (κ2) is 10.3. The highest BCUT2D eigenvalue weighted by atomic mass is 32.1. The first-order valence-electron chi connectivity index (χ1n) is 10.3. The predicted octanol–water partition coefficient (Wildman–Crippen LogP) is 4.55. The topological polar surface area (TPSA) is 67.8 Å². The van der Waals surface area contributed by atoms with Gasteiger partial charge in [-0.05, 0) is 37.1 Å². The molecule has 0 spiro atoms. The van der Waals surface area contributed by atoms with Crippen molar-refractivity contribution in [3.05, 3.63) is 69.9 Å². The lowest BCUT2D eigenvalue weighted by atomic mass is 10.1. The molecule has 1 aliphatic rings. The maximum absolute atomic E-state index is 13.9. The highest BCUT2D eigenvalue weighted by molar-refractivity contribution is 7.11. The summed E-state index contributed by atoms with van der Waals surface area (Å²) in [6.45, 7) is 4.30. The van der Waals surface area contributed by atoms with Crippen LogP contribution in [0.1, 0.15) is 21.9 Å². The normalized spacial score (nSPS) is 13.5. The zero-order chi connectivity index (χ0) is 21.5. The molecule has 2 N–H and O–H groups in total. The molecule has 0 bridgehead atoms. The van der Waals surface area contributed by atoms with Gasteiger partial charge in [0.1, 0.15) is 5.82 Å². The highest BCUT2D eigenvalue weighted by Gasteiger charge is 2.12. The Hall–Kier alpha value is -3.13. The number of hydrogen-bond donors (Lipinski definition) is 2. The fourth-order valence-electron chi connectivity index (χ4n) is 3.17. The van der Waals surface area contributed by atoms with Gasteiger partial charge in [0, 0.05) is 35.8 Å². The number of ether oxygens (including phenoxy) is 2. The second-order valence-corrected chi connectivity index (χ2v) is 8.43. The molecule has 0 aliphatic carbocycles. The molecule has 0 radical (unpaired) electrons. The summed E-state index contributed by atoms with van der Waals surface area (Å²) in [5.74, 6) is 1.87. The Morgan fingerprint density at radius 3 is 2.81 bits per heavy atom. The average molecular weight is 441 g/mol. The van der Waals surface area contributed by atoms with E-state index in [-0.39, 0.29) is 5.82 Å². The standard InChI is InChI=1S/C23H25FN4O2S/c1-16-26-14-19(31-16)15-27-23(25-10-9-17-5-2-3-6-20(17)24)28-18-7-8-21-22(13-18)30-12-4-11-29-21/h2-3,5-8,13-14H,4,9-12,15H2,1H3,(H2,25,27,28). The van der Waals surface area contributed by atoms with Crippen molar-refractivity contribution in [3.8, 4) is 11.5 Å². The lowest BCUT2D eigenvalue weighted by Gasteiger charge is -2.15. The molecule has 0 amide bonds. The van der Waals surface area contributed by atoms with E-state index in [0.717, 1.165) is 27.7 Å². The number of aromatic nitrogens is 1. The Morgan fingerprint density at radius 2 is 2.00 bits per heavy atom. The van der Waals surface area contributed by atoms with Crippen LogP contribution in [-0.2, 0) is 13.0 Å². The number of nitrogens with zero attached hydrogens (tertiary/aromatic N) is 2. The number of rotatable bonds is 6. The Labute approximate surface area is 185 Å². The number of nitrogens with one attached hydrogen (secondary N) is 2. The van der Waals surface area contributed by atoms with Crippen molar-refractivity contribution in [1.82, 2.24) is 10.3 Å². The number of thiazole rings is 1. The van der Waals surface area contributed by atoms with Crippen LogP contribution in [0.15, 0.2) is 53.7 Å². The molecule has 2 aromatic carbocycles. The number of anilines is 1. The monoisotopic (exact) mass is 440 g/mol. The van der Waals surface area contributed by atoms with Crippen LogP contribution < -0.4 is 20.1 Å². The van der Waals surface area contributed by atoms with E-state index in [0.29, 0.717) is 50.0 Å². The molecule has 3 aromatic rings. The molecular formula is C23H25FN4O2S. The number of halogens is 1. The van der Waals surface area contributed by atoms with Crippen molar-refractivity contribution in [1.29, 1.82) is 0 Å². The van der Waals surface area contributed by atoms with E-state index in [2.05, 4.69) is 20.6 Å². The van der Waals surface area contributed by atoms with Gasteiger partial charge in [-0.3, -0.25) is 0 Å². The van der Waals surface area contributed by atoms with E-state index < -0.39 is 0 Å². The first-order valence-corrected chi connectivity index (χ1v) is 11.1. The van der Waals surface area contributed by atoms with Crippen LogP contribution >= 0.6 is 11.3 Å². The largest absolute Gasteiger partial charge is 0.490 e. The third kappa shape index (κ3) is 5.95. The van der Waals surface area contributed by atoms with Crippen molar-refractivity contribution in [3.63, 3.8) is 0 Å². The molecular weight excluding hydrogens is 415 g/mol. The molecule has 1 aliphatic heterocycles. The summed E-state index contributed by atoms with van der Waals surface area (Å²) in [4.78, 5) is 10.0. The van der Waals surface area contributed by atoms with Crippen molar-refractivity contribution in [2.75, 3.05) is 25.1 Å². The van der Waals surface area contributed by atoms with Gasteiger partial charge in [0.15, 0.2) is 17.5 Å². The molecule has 0 saturated heterocycles. The zero-order valence-electron chi connectivity index (χ0n) is 17.4. The first-order chi connectivity index (χ1) is 15.2. The van der Waals surface area contributed by atoms with Crippen molar-refractivity contribution >= 4 is 23.0 Å². The lowest BCUT2D eigenvalue weighted by Crippen LogP contribution is -2.32. The van der Waals surface area contributed by atoms with Gasteiger partial charge in [-0.2, -0.15) is 0 Å². The average Bonchev–Trinajstić information content (AvgIpc) is 3.04. The van der Waals surface area contributed by atoms with E-state index in [9.17, 15) is 4.39 Å². The minimum Gasteiger partial charge on any atom is -0.490 e. The number of hydrogen-bond acceptors (Lipinski definition) is 5. The molecule has 0 unspecified atom stereocenters. The minimum absolute atomic E-state index is 0.196. The lowest BCUT2D eigenvalue weighted by molar-refractivity contribution is 0.297. The Balaban J connectivity index is 1.46. The summed E-state index contributed by atoms with van der Waals surface area (Å²) in [5, 5.41) is 7.63. The second-order valence-electron chi connectivity index (χ2n) is 7.12. The molecule has 6 nitrogen and oxygen atoms in total. The maximum atomic E-state index is 13.9. The molecule has 162 valence electrons. The Morgan fingerprint density at radius 1 is 1.16 bits per heavy atom. The molecule has 0 fully saturated rings. The number of aryl methyl sites for hydroxylation is 1. The van der Waals surface area contributed by atoms with Gasteiger partial charge in [-0.15, -0.1) is 11.3 Å². The fraction of sp³-hybridized carbons (Fsp3) is 0.304. The van der Waals surface area contributed by atoms with Gasteiger partial charge >= 0.3 is 0 Å². The number of benzene rings is 2. The summed E-state index contributed by atoms with van der Waals surface area (Å²) >= 11 is 1.62. The zero-order valence-corrected chi connectivity index (χ0v) is 18.2. The number of fused-ring (bicyclic) bond motifs is 1. The van der Waals surface area contributed by atoms with E-state index in [1.807, 2.05) is 37.4 Å². The third-order valence-electron chi connectivity index (χ3n) is 4.72. The van der Waals surface area contributed by atoms with Crippen molar-refractivity contribution < 1.29 is 13.9 Å². The van der Waals surface area contributed by atoms with Gasteiger partial charge in [0.05, 0.1) is 24.8 Å². The number of aliphatic imine (C=N–C) groups is 1. The van der Waals surface area contributed by atoms with Crippen LogP contribution in [0, 0.1) is 12.7 Å². The van der Waals surface area contributed by atoms with Crippen molar-refractivity contribution in [2.45, 2.75) is 26.3 Å². The highest BCUT2D eigenvalue weighted by Crippen LogP contribution is 2.32. The summed E-state index contributed by atoms with van der Waals surface area (Å²) in [5.41, 5.74) is 1.50. The van der Waals surface area contributed by atoms with Crippen LogP contribution in [0.5, 0.6) is 11.5 Å². The maximum Gasteiger partial charge on any atom is 0.196 e. The molecule has 1 aromatic heterocycles. The number of guanidine groups is 1. The molecule has 8 heteroatoms. The molecule has 0 saturated carbocycles. The van der Waals surface area contributed by atoms with Crippen LogP contribution in [0.2, 0.25) is 0 Å². The van der Waals surface area contributed by atoms with Crippen LogP contribution in [0.25, 0.3) is 0 Å². The summed E-state index contributed by atoms with van der Waals surface area (Å²) < 4.78 is 25.4. The summed E-state index contributed by atoms with van der Waals surface area (Å²) in [6, 6.07) is 12.5. The van der Waals surface area contributed by atoms with Crippen molar-refractivity contribution in [2.24, 2.45) is 4.99 Å². The quantitative estimate of drug-likeness (QED) is 0.435. The molecule has 4 rings (SSSR count). The third-order valence-corrected chi connectivity index (χ3v) is 5.61.